The number of Topliss-reactive ketones (excluding diaryl/α,β-unsaturated/α-hetero) is 1. The number of amides is 1. The van der Waals surface area contributed by atoms with Crippen LogP contribution in [-0.4, -0.2) is 29.4 Å². The van der Waals surface area contributed by atoms with Crippen LogP contribution < -0.4 is 5.32 Å². The van der Waals surface area contributed by atoms with Crippen LogP contribution in [0, 0.1) is 5.92 Å². The highest BCUT2D eigenvalue weighted by molar-refractivity contribution is 5.85. The van der Waals surface area contributed by atoms with Crippen molar-refractivity contribution in [3.8, 4) is 0 Å². The summed E-state index contributed by atoms with van der Waals surface area (Å²) in [7, 11) is 0. The third-order valence-electron chi connectivity index (χ3n) is 1.65. The van der Waals surface area contributed by atoms with Crippen molar-refractivity contribution in [3.05, 3.63) is 0 Å². The topological polar surface area (TPSA) is 66.4 Å². The van der Waals surface area contributed by atoms with E-state index in [1.165, 1.54) is 13.8 Å². The number of nitrogens with one attached hydrogen (secondary N) is 1. The van der Waals surface area contributed by atoms with E-state index in [1.54, 1.807) is 6.92 Å². The molecule has 2 atom stereocenters. The van der Waals surface area contributed by atoms with E-state index in [0.29, 0.717) is 0 Å². The van der Waals surface area contributed by atoms with Crippen LogP contribution in [0.15, 0.2) is 0 Å². The molecule has 4 heteroatoms. The van der Waals surface area contributed by atoms with Gasteiger partial charge in [0.05, 0.1) is 18.6 Å². The highest BCUT2D eigenvalue weighted by Crippen LogP contribution is 2.00. The predicted octanol–water partition coefficient (Wildman–Crippen LogP) is -0.291. The largest absolute Gasteiger partial charge is 0.393 e. The smallest absolute Gasteiger partial charge is 0.225 e. The number of rotatable bonds is 4. The highest BCUT2D eigenvalue weighted by atomic mass is 16.3. The first kappa shape index (κ1) is 11.1. The Hall–Kier alpha value is -0.900. The van der Waals surface area contributed by atoms with E-state index in [0.717, 1.165) is 0 Å². The van der Waals surface area contributed by atoms with Crippen LogP contribution in [0.4, 0.5) is 0 Å². The molecule has 4 nitrogen and oxygen atoms in total. The van der Waals surface area contributed by atoms with Crippen LogP contribution >= 0.6 is 0 Å². The molecule has 1 amide bonds. The first-order valence-electron chi connectivity index (χ1n) is 3.90. The van der Waals surface area contributed by atoms with E-state index in [2.05, 4.69) is 5.32 Å². The molecule has 0 saturated carbocycles. The van der Waals surface area contributed by atoms with Gasteiger partial charge < -0.3 is 10.4 Å². The maximum absolute atomic E-state index is 11.1. The zero-order valence-corrected chi connectivity index (χ0v) is 7.63. The Balaban J connectivity index is 3.80. The minimum Gasteiger partial charge on any atom is -0.393 e. The lowest BCUT2D eigenvalue weighted by molar-refractivity contribution is -0.129. The molecule has 2 unspecified atom stereocenters. The maximum Gasteiger partial charge on any atom is 0.225 e. The van der Waals surface area contributed by atoms with Gasteiger partial charge in [0, 0.05) is 0 Å². The van der Waals surface area contributed by atoms with Crippen LogP contribution in [0.1, 0.15) is 20.8 Å². The molecule has 0 aromatic heterocycles. The molecule has 12 heavy (non-hydrogen) atoms. The van der Waals surface area contributed by atoms with E-state index < -0.39 is 12.0 Å². The Morgan fingerprint density at radius 3 is 2.25 bits per heavy atom. The Kier molecular flexibility index (Phi) is 4.51. The summed E-state index contributed by atoms with van der Waals surface area (Å²) in [6.45, 7) is 4.58. The quantitative estimate of drug-likeness (QED) is 0.614. The second-order valence-electron chi connectivity index (χ2n) is 2.95. The summed E-state index contributed by atoms with van der Waals surface area (Å²) in [6.07, 6.45) is -0.683. The van der Waals surface area contributed by atoms with E-state index >= 15 is 0 Å². The number of carbonyl (C=O) groups is 2. The minimum atomic E-state index is -0.683. The maximum atomic E-state index is 11.1. The van der Waals surface area contributed by atoms with Gasteiger partial charge in [-0.15, -0.1) is 0 Å². The van der Waals surface area contributed by atoms with Crippen LogP contribution in [0.2, 0.25) is 0 Å². The molecule has 0 aromatic rings. The van der Waals surface area contributed by atoms with E-state index in [-0.39, 0.29) is 18.2 Å². The molecule has 0 bridgehead atoms. The average molecular weight is 173 g/mol. The molecule has 0 aromatic carbocycles. The van der Waals surface area contributed by atoms with Crippen LogP contribution in [-0.2, 0) is 9.59 Å². The van der Waals surface area contributed by atoms with Gasteiger partial charge in [-0.2, -0.15) is 0 Å². The molecule has 2 N–H and O–H groups in total. The molecular weight excluding hydrogens is 158 g/mol. The second kappa shape index (κ2) is 4.87. The number of ketones is 1. The van der Waals surface area contributed by atoms with Gasteiger partial charge in [-0.25, -0.2) is 0 Å². The average Bonchev–Trinajstić information content (AvgIpc) is 1.98. The lowest BCUT2D eigenvalue weighted by Crippen LogP contribution is -2.37. The zero-order chi connectivity index (χ0) is 9.72. The molecule has 0 heterocycles. The van der Waals surface area contributed by atoms with Crippen molar-refractivity contribution < 1.29 is 14.7 Å². The molecule has 0 radical (unpaired) electrons. The fraction of sp³-hybridized carbons (Fsp3) is 0.750. The third-order valence-corrected chi connectivity index (χ3v) is 1.65. The summed E-state index contributed by atoms with van der Waals surface area (Å²) < 4.78 is 0. The molecule has 0 spiro atoms. The SMILES string of the molecule is CC(=O)CNC(=O)C(C)C(C)O. The summed E-state index contributed by atoms with van der Waals surface area (Å²) in [5.41, 5.74) is 0. The number of aliphatic hydroxyl groups is 1. The Morgan fingerprint density at radius 2 is 1.92 bits per heavy atom. The van der Waals surface area contributed by atoms with E-state index in [9.17, 15) is 9.59 Å². The van der Waals surface area contributed by atoms with Gasteiger partial charge in [0.15, 0.2) is 0 Å². The molecule has 70 valence electrons. The molecule has 0 rings (SSSR count). The molecule has 0 fully saturated rings. The molecule has 0 aliphatic rings. The molecule has 0 saturated heterocycles. The van der Waals surface area contributed by atoms with Gasteiger partial charge in [-0.3, -0.25) is 9.59 Å². The second-order valence-corrected chi connectivity index (χ2v) is 2.95. The van der Waals surface area contributed by atoms with Crippen molar-refractivity contribution in [2.75, 3.05) is 6.54 Å². The molecular formula is C8H15NO3. The monoisotopic (exact) mass is 173 g/mol. The Morgan fingerprint density at radius 1 is 1.42 bits per heavy atom. The number of carbonyl (C=O) groups excluding carboxylic acids is 2. The van der Waals surface area contributed by atoms with Crippen molar-refractivity contribution in [1.29, 1.82) is 0 Å². The highest BCUT2D eigenvalue weighted by Gasteiger charge is 2.17. The molecule has 0 aliphatic carbocycles. The van der Waals surface area contributed by atoms with Crippen molar-refractivity contribution in [3.63, 3.8) is 0 Å². The predicted molar refractivity (Wildman–Crippen MR) is 44.5 cm³/mol. The van der Waals surface area contributed by atoms with Gasteiger partial charge >= 0.3 is 0 Å². The van der Waals surface area contributed by atoms with Crippen LogP contribution in [0.5, 0.6) is 0 Å². The van der Waals surface area contributed by atoms with Crippen molar-refractivity contribution >= 4 is 11.7 Å². The Labute approximate surface area is 72.0 Å². The van der Waals surface area contributed by atoms with E-state index in [1.807, 2.05) is 0 Å². The first-order valence-corrected chi connectivity index (χ1v) is 3.90. The van der Waals surface area contributed by atoms with Gasteiger partial charge in [-0.1, -0.05) is 6.92 Å². The molecule has 0 aliphatic heterocycles. The normalized spacial score (nSPS) is 15.0. The van der Waals surface area contributed by atoms with Crippen molar-refractivity contribution in [1.82, 2.24) is 5.32 Å². The van der Waals surface area contributed by atoms with Crippen LogP contribution in [0.25, 0.3) is 0 Å². The summed E-state index contributed by atoms with van der Waals surface area (Å²) in [4.78, 5) is 21.5. The standard InChI is InChI=1S/C8H15NO3/c1-5(10)4-9-8(12)6(2)7(3)11/h6-7,11H,4H2,1-3H3,(H,9,12). The van der Waals surface area contributed by atoms with Gasteiger partial charge in [0.25, 0.3) is 0 Å². The van der Waals surface area contributed by atoms with E-state index in [4.69, 9.17) is 5.11 Å². The van der Waals surface area contributed by atoms with Crippen LogP contribution in [0.3, 0.4) is 0 Å². The zero-order valence-electron chi connectivity index (χ0n) is 7.63. The fourth-order valence-electron chi connectivity index (χ4n) is 0.592. The summed E-state index contributed by atoms with van der Waals surface area (Å²) in [5.74, 6) is -0.856. The first-order chi connectivity index (χ1) is 5.45. The van der Waals surface area contributed by atoms with Gasteiger partial charge in [-0.05, 0) is 13.8 Å². The lowest BCUT2D eigenvalue weighted by Gasteiger charge is -2.13. The van der Waals surface area contributed by atoms with Crippen molar-refractivity contribution in [2.45, 2.75) is 26.9 Å². The minimum absolute atomic E-state index is 0.0376. The summed E-state index contributed by atoms with van der Waals surface area (Å²) in [5, 5.41) is 11.4. The number of aliphatic hydroxyl groups excluding tert-OH is 1. The fourth-order valence-corrected chi connectivity index (χ4v) is 0.592. The Bertz CT molecular complexity index is 177. The summed E-state index contributed by atoms with van der Waals surface area (Å²) in [6, 6.07) is 0. The summed E-state index contributed by atoms with van der Waals surface area (Å²) >= 11 is 0. The number of hydrogen-bond donors (Lipinski definition) is 2. The third kappa shape index (κ3) is 4.08. The van der Waals surface area contributed by atoms with Crippen molar-refractivity contribution in [2.24, 2.45) is 5.92 Å². The van der Waals surface area contributed by atoms with Gasteiger partial charge in [0.1, 0.15) is 5.78 Å². The van der Waals surface area contributed by atoms with Gasteiger partial charge in [0.2, 0.25) is 5.91 Å². The lowest BCUT2D eigenvalue weighted by atomic mass is 10.1. The number of hydrogen-bond acceptors (Lipinski definition) is 3.